The fourth-order valence-electron chi connectivity index (χ4n) is 1.97. The summed E-state index contributed by atoms with van der Waals surface area (Å²) in [6.45, 7) is 5.48. The van der Waals surface area contributed by atoms with E-state index in [1.165, 1.54) is 12.1 Å². The molecule has 0 heterocycles. The van der Waals surface area contributed by atoms with Crippen LogP contribution < -0.4 is 10.1 Å². The number of hydrogen-bond acceptors (Lipinski definition) is 4. The van der Waals surface area contributed by atoms with E-state index in [2.05, 4.69) is 5.32 Å². The van der Waals surface area contributed by atoms with Crippen molar-refractivity contribution in [3.63, 3.8) is 0 Å². The largest absolute Gasteiger partial charge is 0.417 e. The van der Waals surface area contributed by atoms with Gasteiger partial charge in [-0.25, -0.2) is 4.79 Å². The second-order valence-corrected chi connectivity index (χ2v) is 5.57. The van der Waals surface area contributed by atoms with Crippen LogP contribution in [0.4, 0.5) is 16.2 Å². The first-order valence-electron chi connectivity index (χ1n) is 6.78. The number of hydrogen-bond donors (Lipinski definition) is 1. The lowest BCUT2D eigenvalue weighted by atomic mass is 10.1. The maximum absolute atomic E-state index is 12.0. The second-order valence-electron chi connectivity index (χ2n) is 5.16. The van der Waals surface area contributed by atoms with E-state index in [1.807, 2.05) is 13.8 Å². The summed E-state index contributed by atoms with van der Waals surface area (Å²) in [7, 11) is 0. The zero-order chi connectivity index (χ0) is 17.1. The van der Waals surface area contributed by atoms with Gasteiger partial charge in [-0.2, -0.15) is 0 Å². The molecule has 0 aliphatic carbocycles. The van der Waals surface area contributed by atoms with Crippen molar-refractivity contribution in [2.75, 3.05) is 5.32 Å². The quantitative estimate of drug-likeness (QED) is 0.646. The monoisotopic (exact) mass is 334 g/mol. The molecule has 0 saturated heterocycles. The second kappa shape index (κ2) is 6.66. The number of nitro groups is 1. The van der Waals surface area contributed by atoms with Crippen molar-refractivity contribution >= 4 is 29.1 Å². The molecule has 0 saturated carbocycles. The zero-order valence-corrected chi connectivity index (χ0v) is 13.6. The van der Waals surface area contributed by atoms with E-state index in [9.17, 15) is 14.9 Å². The first-order valence-corrected chi connectivity index (χ1v) is 7.16. The maximum atomic E-state index is 12.0. The normalized spacial score (nSPS) is 10.3. The number of carbonyl (C=O) groups excluding carboxylic acids is 1. The molecule has 0 atom stereocenters. The van der Waals surface area contributed by atoms with Gasteiger partial charge in [-0.15, -0.1) is 0 Å². The molecular formula is C16H15ClN2O4. The number of halogens is 1. The Balaban J connectivity index is 2.21. The smallest absolute Gasteiger partial charge is 0.408 e. The van der Waals surface area contributed by atoms with Crippen LogP contribution in [0.5, 0.6) is 5.75 Å². The molecule has 0 spiro atoms. The third kappa shape index (κ3) is 3.98. The van der Waals surface area contributed by atoms with Crippen LogP contribution in [0, 0.1) is 30.9 Å². The van der Waals surface area contributed by atoms with Gasteiger partial charge in [0.05, 0.1) is 9.95 Å². The summed E-state index contributed by atoms with van der Waals surface area (Å²) >= 11 is 6.04. The lowest BCUT2D eigenvalue weighted by molar-refractivity contribution is -0.384. The third-order valence-corrected chi connectivity index (χ3v) is 3.63. The Morgan fingerprint density at radius 3 is 2.48 bits per heavy atom. The summed E-state index contributed by atoms with van der Waals surface area (Å²) in [5.41, 5.74) is 2.46. The first-order chi connectivity index (χ1) is 10.8. The summed E-state index contributed by atoms with van der Waals surface area (Å²) in [6.07, 6.45) is -0.845. The fourth-order valence-corrected chi connectivity index (χ4v) is 2.22. The van der Waals surface area contributed by atoms with E-state index in [4.69, 9.17) is 16.3 Å². The van der Waals surface area contributed by atoms with Gasteiger partial charge in [0.1, 0.15) is 5.69 Å². The highest BCUT2D eigenvalue weighted by Gasteiger charge is 2.17. The Morgan fingerprint density at radius 1 is 1.17 bits per heavy atom. The number of nitro benzene ring substituents is 1. The molecule has 7 heteroatoms. The van der Waals surface area contributed by atoms with E-state index in [0.29, 0.717) is 10.6 Å². The SMILES string of the molecule is Cc1ccc(NC(=O)Oc2cc(C)c(C)cc2Cl)c([N+](=O)[O-])c1. The Bertz CT molecular complexity index is 790. The minimum atomic E-state index is -0.845. The van der Waals surface area contributed by atoms with Crippen molar-refractivity contribution in [3.05, 3.63) is 62.2 Å². The van der Waals surface area contributed by atoms with Gasteiger partial charge in [-0.1, -0.05) is 17.7 Å². The van der Waals surface area contributed by atoms with E-state index in [0.717, 1.165) is 11.1 Å². The number of aryl methyl sites for hydroxylation is 3. The van der Waals surface area contributed by atoms with Crippen LogP contribution in [0.1, 0.15) is 16.7 Å². The predicted molar refractivity (Wildman–Crippen MR) is 88.4 cm³/mol. The number of rotatable bonds is 3. The van der Waals surface area contributed by atoms with Crippen molar-refractivity contribution in [1.82, 2.24) is 0 Å². The Hall–Kier alpha value is -2.60. The molecule has 1 N–H and O–H groups in total. The lowest BCUT2D eigenvalue weighted by Gasteiger charge is -2.10. The Morgan fingerprint density at radius 2 is 1.83 bits per heavy atom. The minimum absolute atomic E-state index is 0.0607. The molecule has 2 rings (SSSR count). The third-order valence-electron chi connectivity index (χ3n) is 3.34. The molecule has 0 bridgehead atoms. The summed E-state index contributed by atoms with van der Waals surface area (Å²) < 4.78 is 5.15. The van der Waals surface area contributed by atoms with Crippen LogP contribution in [0.2, 0.25) is 5.02 Å². The molecule has 2 aromatic carbocycles. The van der Waals surface area contributed by atoms with E-state index in [1.54, 1.807) is 25.1 Å². The Kier molecular flexibility index (Phi) is 4.86. The van der Waals surface area contributed by atoms with E-state index in [-0.39, 0.29) is 17.1 Å². The number of nitrogens with zero attached hydrogens (tertiary/aromatic N) is 1. The highest BCUT2D eigenvalue weighted by Crippen LogP contribution is 2.29. The topological polar surface area (TPSA) is 81.5 Å². The standard InChI is InChI=1S/C16H15ClN2O4/c1-9-4-5-13(14(6-9)19(21)22)18-16(20)23-15-8-11(3)10(2)7-12(15)17/h4-8H,1-3H3,(H,18,20). The zero-order valence-electron chi connectivity index (χ0n) is 12.8. The molecule has 0 unspecified atom stereocenters. The first kappa shape index (κ1) is 16.8. The molecule has 6 nitrogen and oxygen atoms in total. The number of amides is 1. The van der Waals surface area contributed by atoms with Crippen LogP contribution in [0.3, 0.4) is 0 Å². The number of benzene rings is 2. The highest BCUT2D eigenvalue weighted by molar-refractivity contribution is 6.32. The molecule has 0 aliphatic rings. The van der Waals surface area contributed by atoms with E-state index >= 15 is 0 Å². The van der Waals surface area contributed by atoms with E-state index < -0.39 is 11.0 Å². The number of ether oxygens (including phenoxy) is 1. The molecular weight excluding hydrogens is 320 g/mol. The molecule has 2 aromatic rings. The highest BCUT2D eigenvalue weighted by atomic mass is 35.5. The minimum Gasteiger partial charge on any atom is -0.408 e. The number of nitrogens with one attached hydrogen (secondary N) is 1. The van der Waals surface area contributed by atoms with Crippen molar-refractivity contribution in [1.29, 1.82) is 0 Å². The van der Waals surface area contributed by atoms with Crippen LogP contribution in [0.25, 0.3) is 0 Å². The molecule has 1 amide bonds. The summed E-state index contributed by atoms with van der Waals surface area (Å²) in [4.78, 5) is 22.5. The fraction of sp³-hybridized carbons (Fsp3) is 0.188. The number of carbonyl (C=O) groups is 1. The predicted octanol–water partition coefficient (Wildman–Crippen LogP) is 4.78. The average molecular weight is 335 g/mol. The van der Waals surface area contributed by atoms with Crippen LogP contribution in [-0.4, -0.2) is 11.0 Å². The van der Waals surface area contributed by atoms with Crippen LogP contribution in [0.15, 0.2) is 30.3 Å². The van der Waals surface area contributed by atoms with Gasteiger partial charge >= 0.3 is 6.09 Å². The van der Waals surface area contributed by atoms with Gasteiger partial charge in [0, 0.05) is 6.07 Å². The van der Waals surface area contributed by atoms with Crippen LogP contribution in [-0.2, 0) is 0 Å². The molecule has 23 heavy (non-hydrogen) atoms. The summed E-state index contributed by atoms with van der Waals surface area (Å²) in [6, 6.07) is 7.82. The van der Waals surface area contributed by atoms with Crippen molar-refractivity contribution in [2.45, 2.75) is 20.8 Å². The lowest BCUT2D eigenvalue weighted by Crippen LogP contribution is -2.18. The molecule has 0 aliphatic heterocycles. The maximum Gasteiger partial charge on any atom is 0.417 e. The van der Waals surface area contributed by atoms with Gasteiger partial charge < -0.3 is 4.74 Å². The van der Waals surface area contributed by atoms with Crippen molar-refractivity contribution in [3.8, 4) is 5.75 Å². The molecule has 0 fully saturated rings. The Labute approximate surface area is 138 Å². The molecule has 120 valence electrons. The van der Waals surface area contributed by atoms with Gasteiger partial charge in [0.2, 0.25) is 0 Å². The van der Waals surface area contributed by atoms with Crippen molar-refractivity contribution < 1.29 is 14.5 Å². The van der Waals surface area contributed by atoms with Gasteiger partial charge in [-0.3, -0.25) is 15.4 Å². The number of anilines is 1. The van der Waals surface area contributed by atoms with Crippen LogP contribution >= 0.6 is 11.6 Å². The summed E-state index contributed by atoms with van der Waals surface area (Å²) in [5, 5.41) is 13.7. The average Bonchev–Trinajstić information content (AvgIpc) is 2.46. The van der Waals surface area contributed by atoms with Gasteiger partial charge in [0.15, 0.2) is 5.75 Å². The molecule has 0 radical (unpaired) electrons. The molecule has 0 aromatic heterocycles. The van der Waals surface area contributed by atoms with Gasteiger partial charge in [-0.05, 0) is 55.7 Å². The summed E-state index contributed by atoms with van der Waals surface area (Å²) in [5.74, 6) is 0.196. The van der Waals surface area contributed by atoms with Crippen molar-refractivity contribution in [2.24, 2.45) is 0 Å². The van der Waals surface area contributed by atoms with Gasteiger partial charge in [0.25, 0.3) is 5.69 Å².